The molecule has 0 fully saturated rings. The van der Waals surface area contributed by atoms with E-state index in [9.17, 15) is 10.2 Å². The topological polar surface area (TPSA) is 40.5 Å². The Hall–Kier alpha value is -0.570. The minimum absolute atomic E-state index is 0.485. The molecule has 0 spiro atoms. The van der Waals surface area contributed by atoms with Crippen LogP contribution in [0.25, 0.3) is 0 Å². The molecule has 2 unspecified atom stereocenters. The first-order valence-electron chi connectivity index (χ1n) is 4.14. The molecule has 2 nitrogen and oxygen atoms in total. The van der Waals surface area contributed by atoms with E-state index >= 15 is 0 Å². The summed E-state index contributed by atoms with van der Waals surface area (Å²) in [5, 5.41) is 19.2. The first kappa shape index (κ1) is 10.5. The molecule has 0 saturated heterocycles. The molecule has 2 N–H and O–H groups in total. The minimum Gasteiger partial charge on any atom is -0.390 e. The van der Waals surface area contributed by atoms with Gasteiger partial charge in [0, 0.05) is 10.6 Å². The molecule has 2 atom stereocenters. The summed E-state index contributed by atoms with van der Waals surface area (Å²) in [7, 11) is 0. The summed E-state index contributed by atoms with van der Waals surface area (Å²) < 4.78 is 0. The van der Waals surface area contributed by atoms with E-state index in [1.54, 1.807) is 12.1 Å². The van der Waals surface area contributed by atoms with Crippen molar-refractivity contribution in [1.82, 2.24) is 0 Å². The zero-order valence-electron chi connectivity index (χ0n) is 7.66. The predicted octanol–water partition coefficient (Wildman–Crippen LogP) is 2.06. The van der Waals surface area contributed by atoms with Crippen molar-refractivity contribution in [2.75, 3.05) is 0 Å². The largest absolute Gasteiger partial charge is 0.390 e. The molecule has 0 aliphatic rings. The molecular weight excluding hydrogens is 188 g/mol. The molecule has 72 valence electrons. The van der Waals surface area contributed by atoms with Gasteiger partial charge in [-0.2, -0.15) is 0 Å². The lowest BCUT2D eigenvalue weighted by molar-refractivity contribution is 0.0306. The van der Waals surface area contributed by atoms with Crippen molar-refractivity contribution < 1.29 is 10.2 Å². The molecule has 1 aromatic carbocycles. The highest BCUT2D eigenvalue weighted by atomic mass is 35.5. The number of benzene rings is 1. The van der Waals surface area contributed by atoms with Gasteiger partial charge >= 0.3 is 0 Å². The lowest BCUT2D eigenvalue weighted by Gasteiger charge is -2.15. The fraction of sp³-hybridized carbons (Fsp3) is 0.400. The Balaban J connectivity index is 3.05. The molecule has 0 saturated carbocycles. The molecule has 0 bridgehead atoms. The first-order valence-corrected chi connectivity index (χ1v) is 4.52. The zero-order valence-corrected chi connectivity index (χ0v) is 8.42. The summed E-state index contributed by atoms with van der Waals surface area (Å²) in [6.07, 6.45) is -1.72. The van der Waals surface area contributed by atoms with Gasteiger partial charge in [0.1, 0.15) is 6.10 Å². The van der Waals surface area contributed by atoms with E-state index in [1.165, 1.54) is 6.92 Å². The van der Waals surface area contributed by atoms with Gasteiger partial charge in [-0.05, 0) is 19.9 Å². The van der Waals surface area contributed by atoms with E-state index in [-0.39, 0.29) is 0 Å². The summed E-state index contributed by atoms with van der Waals surface area (Å²) >= 11 is 5.86. The van der Waals surface area contributed by atoms with Crippen LogP contribution in [0.5, 0.6) is 0 Å². The van der Waals surface area contributed by atoms with Crippen molar-refractivity contribution in [2.24, 2.45) is 0 Å². The second-order valence-corrected chi connectivity index (χ2v) is 3.62. The van der Waals surface area contributed by atoms with Gasteiger partial charge < -0.3 is 10.2 Å². The van der Waals surface area contributed by atoms with E-state index in [4.69, 9.17) is 11.6 Å². The van der Waals surface area contributed by atoms with Crippen LogP contribution < -0.4 is 0 Å². The summed E-state index contributed by atoms with van der Waals surface area (Å²) in [6.45, 7) is 3.44. The summed E-state index contributed by atoms with van der Waals surface area (Å²) in [5.74, 6) is 0. The van der Waals surface area contributed by atoms with Crippen LogP contribution in [0.3, 0.4) is 0 Å². The number of hydrogen-bond donors (Lipinski definition) is 2. The average Bonchev–Trinajstić information content (AvgIpc) is 2.08. The summed E-state index contributed by atoms with van der Waals surface area (Å²) in [5.41, 5.74) is 1.59. The third kappa shape index (κ3) is 2.44. The van der Waals surface area contributed by atoms with Crippen molar-refractivity contribution in [3.05, 3.63) is 34.3 Å². The molecule has 0 aromatic heterocycles. The Morgan fingerprint density at radius 1 is 1.31 bits per heavy atom. The smallest absolute Gasteiger partial charge is 0.106 e. The molecule has 3 heteroatoms. The predicted molar refractivity (Wildman–Crippen MR) is 52.8 cm³/mol. The molecule has 1 rings (SSSR count). The number of aliphatic hydroxyl groups excluding tert-OH is 2. The highest BCUT2D eigenvalue weighted by Gasteiger charge is 2.16. The van der Waals surface area contributed by atoms with Gasteiger partial charge in [-0.15, -0.1) is 0 Å². The number of hydrogen-bond acceptors (Lipinski definition) is 2. The minimum atomic E-state index is -0.910. The number of halogens is 1. The second-order valence-electron chi connectivity index (χ2n) is 3.21. The van der Waals surface area contributed by atoms with Crippen LogP contribution in [-0.2, 0) is 0 Å². The van der Waals surface area contributed by atoms with Crippen LogP contribution in [0.4, 0.5) is 0 Å². The molecule has 0 amide bonds. The quantitative estimate of drug-likeness (QED) is 0.768. The fourth-order valence-electron chi connectivity index (χ4n) is 1.15. The average molecular weight is 201 g/mol. The fourth-order valence-corrected chi connectivity index (χ4v) is 1.38. The van der Waals surface area contributed by atoms with E-state index < -0.39 is 12.2 Å². The van der Waals surface area contributed by atoms with Gasteiger partial charge in [0.2, 0.25) is 0 Å². The first-order chi connectivity index (χ1) is 6.02. The molecule has 0 aliphatic carbocycles. The third-order valence-electron chi connectivity index (χ3n) is 1.93. The number of aryl methyl sites for hydroxylation is 1. The molecule has 1 aromatic rings. The third-order valence-corrected chi connectivity index (χ3v) is 2.27. The van der Waals surface area contributed by atoms with Crippen molar-refractivity contribution in [2.45, 2.75) is 26.1 Å². The normalized spacial score (nSPS) is 15.5. The Labute approximate surface area is 82.8 Å². The van der Waals surface area contributed by atoms with Crippen molar-refractivity contribution in [1.29, 1.82) is 0 Å². The molecule has 0 aliphatic heterocycles. The Kier molecular flexibility index (Phi) is 3.31. The zero-order chi connectivity index (χ0) is 10.0. The van der Waals surface area contributed by atoms with Gasteiger partial charge in [0.25, 0.3) is 0 Å². The molecule has 0 heterocycles. The molecule has 0 radical (unpaired) electrons. The van der Waals surface area contributed by atoms with Gasteiger partial charge in [-0.3, -0.25) is 0 Å². The van der Waals surface area contributed by atoms with E-state index in [0.29, 0.717) is 10.6 Å². The Morgan fingerprint density at radius 3 is 2.46 bits per heavy atom. The van der Waals surface area contributed by atoms with Crippen LogP contribution in [0, 0.1) is 6.92 Å². The Bertz CT molecular complexity index is 297. The van der Waals surface area contributed by atoms with Crippen molar-refractivity contribution in [3.8, 4) is 0 Å². The van der Waals surface area contributed by atoms with E-state index in [2.05, 4.69) is 0 Å². The van der Waals surface area contributed by atoms with Crippen LogP contribution in [0.15, 0.2) is 18.2 Å². The van der Waals surface area contributed by atoms with Crippen molar-refractivity contribution >= 4 is 11.6 Å². The van der Waals surface area contributed by atoms with Gasteiger partial charge in [-0.1, -0.05) is 29.3 Å². The maximum Gasteiger partial charge on any atom is 0.106 e. The lowest BCUT2D eigenvalue weighted by atomic mass is 10.0. The highest BCUT2D eigenvalue weighted by Crippen LogP contribution is 2.26. The number of rotatable bonds is 2. The lowest BCUT2D eigenvalue weighted by Crippen LogP contribution is -2.14. The molecular formula is C10H13ClO2. The van der Waals surface area contributed by atoms with E-state index in [0.717, 1.165) is 5.56 Å². The van der Waals surface area contributed by atoms with Crippen LogP contribution in [-0.4, -0.2) is 16.3 Å². The maximum absolute atomic E-state index is 9.57. The van der Waals surface area contributed by atoms with Crippen LogP contribution in [0.2, 0.25) is 5.02 Å². The highest BCUT2D eigenvalue weighted by molar-refractivity contribution is 6.31. The van der Waals surface area contributed by atoms with Gasteiger partial charge in [-0.25, -0.2) is 0 Å². The standard InChI is InChI=1S/C10H13ClO2/c1-6-3-4-9(11)8(5-6)10(13)7(2)12/h3-5,7,10,12-13H,1-2H3. The van der Waals surface area contributed by atoms with Crippen LogP contribution in [0.1, 0.15) is 24.2 Å². The van der Waals surface area contributed by atoms with Gasteiger partial charge in [0.15, 0.2) is 0 Å². The summed E-state index contributed by atoms with van der Waals surface area (Å²) in [6, 6.07) is 5.36. The van der Waals surface area contributed by atoms with Crippen LogP contribution >= 0.6 is 11.6 Å². The monoisotopic (exact) mass is 200 g/mol. The van der Waals surface area contributed by atoms with Gasteiger partial charge in [0.05, 0.1) is 6.10 Å². The SMILES string of the molecule is Cc1ccc(Cl)c(C(O)C(C)O)c1. The second kappa shape index (κ2) is 4.09. The van der Waals surface area contributed by atoms with Crippen molar-refractivity contribution in [3.63, 3.8) is 0 Å². The van der Waals surface area contributed by atoms with E-state index in [1.807, 2.05) is 13.0 Å². The molecule has 13 heavy (non-hydrogen) atoms. The summed E-state index contributed by atoms with van der Waals surface area (Å²) in [4.78, 5) is 0. The number of aliphatic hydroxyl groups is 2. The Morgan fingerprint density at radius 2 is 1.92 bits per heavy atom. The maximum atomic E-state index is 9.57.